The second-order valence-electron chi connectivity index (χ2n) is 12.0. The fourth-order valence-corrected chi connectivity index (χ4v) is 6.88. The van der Waals surface area contributed by atoms with Crippen molar-refractivity contribution < 1.29 is 14.7 Å². The molecule has 0 aliphatic heterocycles. The Morgan fingerprint density at radius 3 is 2.56 bits per heavy atom. The molecular formula is C35H35N5O3. The van der Waals surface area contributed by atoms with Crippen LogP contribution in [-0.2, 0) is 17.4 Å². The third-order valence-electron chi connectivity index (χ3n) is 9.22. The molecule has 3 aromatic heterocycles. The van der Waals surface area contributed by atoms with Gasteiger partial charge in [-0.2, -0.15) is 0 Å². The maximum absolute atomic E-state index is 13.8. The highest BCUT2D eigenvalue weighted by atomic mass is 16.4. The molecule has 7 rings (SSSR count). The zero-order valence-electron chi connectivity index (χ0n) is 24.5. The molecule has 3 heterocycles. The van der Waals surface area contributed by atoms with Crippen molar-refractivity contribution >= 4 is 39.9 Å². The van der Waals surface area contributed by atoms with Crippen molar-refractivity contribution in [2.24, 2.45) is 7.05 Å². The lowest BCUT2D eigenvalue weighted by molar-refractivity contribution is -0.131. The van der Waals surface area contributed by atoms with Crippen LogP contribution in [0.3, 0.4) is 0 Å². The summed E-state index contributed by atoms with van der Waals surface area (Å²) in [5.41, 5.74) is 7.02. The van der Waals surface area contributed by atoms with E-state index in [4.69, 9.17) is 15.1 Å². The number of benzene rings is 2. The number of fused-ring (bicyclic) bond motifs is 2. The van der Waals surface area contributed by atoms with E-state index in [1.54, 1.807) is 6.08 Å². The Hall–Kier alpha value is -4.72. The predicted octanol–water partition coefficient (Wildman–Crippen LogP) is 6.92. The molecule has 2 aliphatic rings. The average molecular weight is 574 g/mol. The van der Waals surface area contributed by atoms with Crippen LogP contribution < -0.4 is 5.32 Å². The van der Waals surface area contributed by atoms with Crippen LogP contribution in [0.5, 0.6) is 0 Å². The highest BCUT2D eigenvalue weighted by Gasteiger charge is 2.49. The second kappa shape index (κ2) is 10.5. The first-order valence-electron chi connectivity index (χ1n) is 15.1. The number of carbonyl (C=O) groups excluding carboxylic acids is 1. The number of amides is 1. The van der Waals surface area contributed by atoms with Crippen molar-refractivity contribution in [3.8, 4) is 11.4 Å². The van der Waals surface area contributed by atoms with Crippen LogP contribution in [0.1, 0.15) is 78.3 Å². The second-order valence-corrected chi connectivity index (χ2v) is 12.0. The zero-order valence-corrected chi connectivity index (χ0v) is 24.5. The third kappa shape index (κ3) is 4.80. The van der Waals surface area contributed by atoms with E-state index in [9.17, 15) is 9.59 Å². The van der Waals surface area contributed by atoms with Crippen LogP contribution in [0.15, 0.2) is 66.9 Å². The lowest BCUT2D eigenvalue weighted by Gasteiger charge is -2.26. The fraction of sp³-hybridized carbons (Fsp3) is 0.314. The van der Waals surface area contributed by atoms with Gasteiger partial charge in [-0.25, -0.2) is 9.78 Å². The maximum Gasteiger partial charge on any atom is 0.328 e. The number of hydrogen-bond acceptors (Lipinski definition) is 4. The molecule has 43 heavy (non-hydrogen) atoms. The number of pyridine rings is 1. The smallest absolute Gasteiger partial charge is 0.328 e. The van der Waals surface area contributed by atoms with Crippen molar-refractivity contribution in [2.45, 2.75) is 63.5 Å². The van der Waals surface area contributed by atoms with Gasteiger partial charge in [0.25, 0.3) is 5.91 Å². The van der Waals surface area contributed by atoms with Crippen LogP contribution in [0, 0.1) is 6.92 Å². The summed E-state index contributed by atoms with van der Waals surface area (Å²) in [6.45, 7) is 2.15. The lowest BCUT2D eigenvalue weighted by atomic mass is 9.95. The third-order valence-corrected chi connectivity index (χ3v) is 9.22. The molecule has 0 saturated heterocycles. The van der Waals surface area contributed by atoms with E-state index in [2.05, 4.69) is 28.9 Å². The van der Waals surface area contributed by atoms with Crippen LogP contribution in [-0.4, -0.2) is 36.1 Å². The van der Waals surface area contributed by atoms with E-state index in [1.165, 1.54) is 19.3 Å². The van der Waals surface area contributed by atoms with E-state index in [0.717, 1.165) is 82.0 Å². The summed E-state index contributed by atoms with van der Waals surface area (Å²) in [6, 6.07) is 18.3. The Balaban J connectivity index is 1.23. The first-order chi connectivity index (χ1) is 20.8. The molecule has 8 heteroatoms. The summed E-state index contributed by atoms with van der Waals surface area (Å²) in [5, 5.41) is 13.4. The predicted molar refractivity (Wildman–Crippen MR) is 168 cm³/mol. The molecule has 0 bridgehead atoms. The summed E-state index contributed by atoms with van der Waals surface area (Å²) in [7, 11) is 1.95. The minimum absolute atomic E-state index is 0.110. The molecule has 2 aromatic carbocycles. The number of imidazole rings is 1. The largest absolute Gasteiger partial charge is 0.478 e. The van der Waals surface area contributed by atoms with Crippen molar-refractivity contribution in [3.05, 3.63) is 89.4 Å². The normalized spacial score (nSPS) is 16.7. The summed E-state index contributed by atoms with van der Waals surface area (Å²) >= 11 is 0. The monoisotopic (exact) mass is 573 g/mol. The highest BCUT2D eigenvalue weighted by Crippen LogP contribution is 2.46. The van der Waals surface area contributed by atoms with Crippen molar-refractivity contribution in [1.29, 1.82) is 0 Å². The van der Waals surface area contributed by atoms with Crippen molar-refractivity contribution in [1.82, 2.24) is 24.4 Å². The van der Waals surface area contributed by atoms with Crippen molar-refractivity contribution in [2.75, 3.05) is 0 Å². The molecule has 0 spiro atoms. The van der Waals surface area contributed by atoms with Gasteiger partial charge in [0.05, 0.1) is 28.0 Å². The number of rotatable bonds is 7. The number of aromatic nitrogens is 4. The molecule has 1 amide bonds. The molecule has 2 fully saturated rings. The molecule has 218 valence electrons. The van der Waals surface area contributed by atoms with E-state index >= 15 is 0 Å². The highest BCUT2D eigenvalue weighted by molar-refractivity contribution is 6.01. The van der Waals surface area contributed by atoms with Gasteiger partial charge in [0.15, 0.2) is 0 Å². The van der Waals surface area contributed by atoms with E-state index in [-0.39, 0.29) is 5.91 Å². The van der Waals surface area contributed by atoms with Gasteiger partial charge in [-0.1, -0.05) is 31.4 Å². The standard InChI is InChI=1S/C35H35N5O3/c1-22-26-21-24(13-15-29(26)40(25-8-4-3-5-9-25)32(22)28-10-6-7-19-36-28)33(43)38-35(17-18-35)34-37-27-14-11-23(12-16-31(41)42)20-30(27)39(34)2/h6-7,10-16,19-21,25H,3-5,8-9,17-18H2,1-2H3,(H,38,43)(H,41,42). The van der Waals surface area contributed by atoms with Crippen molar-refractivity contribution in [3.63, 3.8) is 0 Å². The number of carboxylic acids is 1. The van der Waals surface area contributed by atoms with Gasteiger partial charge >= 0.3 is 5.97 Å². The minimum Gasteiger partial charge on any atom is -0.478 e. The SMILES string of the molecule is Cc1c(-c2ccccn2)n(C2CCCCC2)c2ccc(C(=O)NC3(c4nc5ccc(C=CC(=O)O)cc5n4C)CC3)cc12. The van der Waals surface area contributed by atoms with E-state index < -0.39 is 11.5 Å². The molecule has 5 aromatic rings. The summed E-state index contributed by atoms with van der Waals surface area (Å²) in [5.74, 6) is -0.286. The molecule has 2 aliphatic carbocycles. The van der Waals surface area contributed by atoms with Gasteiger partial charge in [-0.15, -0.1) is 0 Å². The van der Waals surface area contributed by atoms with Gasteiger partial charge in [0.1, 0.15) is 5.82 Å². The maximum atomic E-state index is 13.8. The number of carboxylic acid groups (broad SMARTS) is 1. The van der Waals surface area contributed by atoms with Gasteiger partial charge in [0.2, 0.25) is 0 Å². The topological polar surface area (TPSA) is 102 Å². The quantitative estimate of drug-likeness (QED) is 0.206. The average Bonchev–Trinajstić information content (AvgIpc) is 3.64. The van der Waals surface area contributed by atoms with Crippen LogP contribution in [0.2, 0.25) is 0 Å². The van der Waals surface area contributed by atoms with Crippen LogP contribution >= 0.6 is 0 Å². The van der Waals surface area contributed by atoms with E-state index in [1.807, 2.05) is 60.3 Å². The molecule has 0 atom stereocenters. The minimum atomic E-state index is -0.989. The van der Waals surface area contributed by atoms with Crippen LogP contribution in [0.4, 0.5) is 0 Å². The lowest BCUT2D eigenvalue weighted by Crippen LogP contribution is -2.36. The van der Waals surface area contributed by atoms with Gasteiger partial charge in [-0.3, -0.25) is 9.78 Å². The number of aliphatic carboxylic acids is 1. The summed E-state index contributed by atoms with van der Waals surface area (Å²) in [6.07, 6.45) is 12.2. The number of nitrogens with one attached hydrogen (secondary N) is 1. The first-order valence-corrected chi connectivity index (χ1v) is 15.1. The molecule has 8 nitrogen and oxygen atoms in total. The molecular weight excluding hydrogens is 538 g/mol. The molecule has 2 N–H and O–H groups in total. The summed E-state index contributed by atoms with van der Waals surface area (Å²) < 4.78 is 4.49. The number of aryl methyl sites for hydroxylation is 2. The van der Waals surface area contributed by atoms with Gasteiger partial charge in [0, 0.05) is 41.8 Å². The number of nitrogens with zero attached hydrogens (tertiary/aromatic N) is 4. The Bertz CT molecular complexity index is 1910. The summed E-state index contributed by atoms with van der Waals surface area (Å²) in [4.78, 5) is 34.4. The molecule has 0 unspecified atom stereocenters. The number of hydrogen-bond donors (Lipinski definition) is 2. The fourth-order valence-electron chi connectivity index (χ4n) is 6.88. The Kier molecular flexibility index (Phi) is 6.64. The molecule has 0 radical (unpaired) electrons. The van der Waals surface area contributed by atoms with Crippen LogP contribution in [0.25, 0.3) is 39.4 Å². The number of carbonyl (C=O) groups is 2. The van der Waals surface area contributed by atoms with E-state index in [0.29, 0.717) is 11.6 Å². The Labute approximate surface area is 250 Å². The zero-order chi connectivity index (χ0) is 29.7. The molecule has 2 saturated carbocycles. The van der Waals surface area contributed by atoms with Gasteiger partial charge in [-0.05, 0) is 92.3 Å². The van der Waals surface area contributed by atoms with Gasteiger partial charge < -0.3 is 19.6 Å². The first kappa shape index (κ1) is 27.1. The Morgan fingerprint density at radius 2 is 1.84 bits per heavy atom. The Morgan fingerprint density at radius 1 is 1.02 bits per heavy atom.